The maximum atomic E-state index is 12.7. The van der Waals surface area contributed by atoms with Gasteiger partial charge in [-0.2, -0.15) is 5.26 Å². The molecule has 1 aliphatic rings. The van der Waals surface area contributed by atoms with E-state index in [1.54, 1.807) is 24.3 Å². The lowest BCUT2D eigenvalue weighted by Gasteiger charge is -2.27. The Balaban J connectivity index is 1.62. The smallest absolute Gasteiger partial charge is 0.254 e. The standard InChI is InChI=1S/C19H15N3O/c20-11-13-5-7-14(8-6-13)19(23)22-10-9-16-15-3-1-2-4-17(15)21-18(16)12-22/h1-8,21H,9-10,12H2. The molecule has 0 aliphatic carbocycles. The number of benzene rings is 2. The van der Waals surface area contributed by atoms with Crippen molar-refractivity contribution in [2.24, 2.45) is 0 Å². The number of para-hydroxylation sites is 1. The minimum absolute atomic E-state index is 0.0128. The zero-order chi connectivity index (χ0) is 15.8. The molecule has 0 saturated heterocycles. The van der Waals surface area contributed by atoms with E-state index < -0.39 is 0 Å². The normalized spacial score (nSPS) is 13.6. The van der Waals surface area contributed by atoms with Crippen LogP contribution in [0.5, 0.6) is 0 Å². The third kappa shape index (κ3) is 2.27. The highest BCUT2D eigenvalue weighted by atomic mass is 16.2. The molecule has 112 valence electrons. The predicted molar refractivity (Wildman–Crippen MR) is 87.9 cm³/mol. The number of rotatable bonds is 1. The van der Waals surface area contributed by atoms with Crippen LogP contribution in [0.25, 0.3) is 10.9 Å². The van der Waals surface area contributed by atoms with Crippen molar-refractivity contribution in [3.8, 4) is 6.07 Å². The number of fused-ring (bicyclic) bond motifs is 3. The maximum absolute atomic E-state index is 12.7. The van der Waals surface area contributed by atoms with Crippen LogP contribution in [0.3, 0.4) is 0 Å². The second kappa shape index (κ2) is 5.29. The Morgan fingerprint density at radius 2 is 1.91 bits per heavy atom. The van der Waals surface area contributed by atoms with Gasteiger partial charge in [-0.05, 0) is 42.3 Å². The molecular formula is C19H15N3O. The zero-order valence-corrected chi connectivity index (χ0v) is 12.5. The van der Waals surface area contributed by atoms with Crippen molar-refractivity contribution in [3.05, 3.63) is 70.9 Å². The Morgan fingerprint density at radius 3 is 2.70 bits per heavy atom. The average Bonchev–Trinajstić information content (AvgIpc) is 2.99. The van der Waals surface area contributed by atoms with Crippen LogP contribution in [0.1, 0.15) is 27.2 Å². The highest BCUT2D eigenvalue weighted by Gasteiger charge is 2.24. The molecule has 0 radical (unpaired) electrons. The number of nitrogens with zero attached hydrogens (tertiary/aromatic N) is 2. The van der Waals surface area contributed by atoms with E-state index in [-0.39, 0.29) is 5.91 Å². The van der Waals surface area contributed by atoms with Gasteiger partial charge in [-0.25, -0.2) is 0 Å². The lowest BCUT2D eigenvalue weighted by Crippen LogP contribution is -2.35. The van der Waals surface area contributed by atoms with E-state index >= 15 is 0 Å². The van der Waals surface area contributed by atoms with Crippen molar-refractivity contribution in [2.45, 2.75) is 13.0 Å². The Morgan fingerprint density at radius 1 is 1.13 bits per heavy atom. The quantitative estimate of drug-likeness (QED) is 0.750. The molecule has 1 amide bonds. The summed E-state index contributed by atoms with van der Waals surface area (Å²) in [5, 5.41) is 10.1. The molecule has 4 nitrogen and oxygen atoms in total. The maximum Gasteiger partial charge on any atom is 0.254 e. The summed E-state index contributed by atoms with van der Waals surface area (Å²) in [4.78, 5) is 17.9. The number of nitriles is 1. The van der Waals surface area contributed by atoms with Crippen molar-refractivity contribution in [1.29, 1.82) is 5.26 Å². The summed E-state index contributed by atoms with van der Waals surface area (Å²) in [6.07, 6.45) is 0.862. The van der Waals surface area contributed by atoms with E-state index in [0.29, 0.717) is 24.2 Å². The van der Waals surface area contributed by atoms with E-state index in [9.17, 15) is 4.79 Å². The van der Waals surface area contributed by atoms with Gasteiger partial charge in [0.2, 0.25) is 0 Å². The van der Waals surface area contributed by atoms with E-state index in [4.69, 9.17) is 5.26 Å². The highest BCUT2D eigenvalue weighted by molar-refractivity contribution is 5.95. The van der Waals surface area contributed by atoms with Crippen LogP contribution in [0.15, 0.2) is 48.5 Å². The van der Waals surface area contributed by atoms with Crippen molar-refractivity contribution in [3.63, 3.8) is 0 Å². The minimum atomic E-state index is 0.0128. The zero-order valence-electron chi connectivity index (χ0n) is 12.5. The summed E-state index contributed by atoms with van der Waals surface area (Å²) in [7, 11) is 0. The Bertz CT molecular complexity index is 931. The first-order valence-electron chi connectivity index (χ1n) is 7.64. The number of hydrogen-bond donors (Lipinski definition) is 1. The minimum Gasteiger partial charge on any atom is -0.357 e. The second-order valence-corrected chi connectivity index (χ2v) is 5.79. The largest absolute Gasteiger partial charge is 0.357 e. The summed E-state index contributed by atoms with van der Waals surface area (Å²) < 4.78 is 0. The third-order valence-corrected chi connectivity index (χ3v) is 4.43. The highest BCUT2D eigenvalue weighted by Crippen LogP contribution is 2.28. The molecule has 1 aliphatic heterocycles. The Kier molecular flexibility index (Phi) is 3.13. The molecule has 23 heavy (non-hydrogen) atoms. The summed E-state index contributed by atoms with van der Waals surface area (Å²) in [6.45, 7) is 1.32. The summed E-state index contributed by atoms with van der Waals surface area (Å²) in [6, 6.07) is 17.2. The van der Waals surface area contributed by atoms with Gasteiger partial charge in [0.15, 0.2) is 0 Å². The van der Waals surface area contributed by atoms with Crippen molar-refractivity contribution in [2.75, 3.05) is 6.54 Å². The lowest BCUT2D eigenvalue weighted by molar-refractivity contribution is 0.0733. The molecule has 0 fully saturated rings. The van der Waals surface area contributed by atoms with E-state index in [1.807, 2.05) is 17.0 Å². The van der Waals surface area contributed by atoms with Crippen LogP contribution in [0, 0.1) is 11.3 Å². The number of carbonyl (C=O) groups excluding carboxylic acids is 1. The van der Waals surface area contributed by atoms with Crippen molar-refractivity contribution >= 4 is 16.8 Å². The molecule has 0 bridgehead atoms. The SMILES string of the molecule is N#Cc1ccc(C(=O)N2CCc3c([nH]c4ccccc34)C2)cc1. The van der Waals surface area contributed by atoms with Crippen LogP contribution < -0.4 is 0 Å². The molecule has 2 aromatic carbocycles. The summed E-state index contributed by atoms with van der Waals surface area (Å²) in [5.74, 6) is 0.0128. The van der Waals surface area contributed by atoms with Gasteiger partial charge in [0.25, 0.3) is 5.91 Å². The summed E-state index contributed by atoms with van der Waals surface area (Å²) in [5.41, 5.74) is 4.77. The molecule has 4 rings (SSSR count). The second-order valence-electron chi connectivity index (χ2n) is 5.79. The Hall–Kier alpha value is -3.06. The number of nitrogens with one attached hydrogen (secondary N) is 1. The van der Waals surface area contributed by atoms with Crippen LogP contribution in [0.4, 0.5) is 0 Å². The molecule has 0 unspecified atom stereocenters. The Labute approximate surface area is 134 Å². The molecule has 0 saturated carbocycles. The number of amides is 1. The molecule has 4 heteroatoms. The van der Waals surface area contributed by atoms with Gasteiger partial charge in [-0.3, -0.25) is 4.79 Å². The van der Waals surface area contributed by atoms with E-state index in [0.717, 1.165) is 17.6 Å². The monoisotopic (exact) mass is 301 g/mol. The molecule has 1 aromatic heterocycles. The summed E-state index contributed by atoms with van der Waals surface area (Å²) >= 11 is 0. The molecule has 3 aromatic rings. The fraction of sp³-hybridized carbons (Fsp3) is 0.158. The topological polar surface area (TPSA) is 59.9 Å². The number of hydrogen-bond acceptors (Lipinski definition) is 2. The van der Waals surface area contributed by atoms with Crippen molar-refractivity contribution < 1.29 is 4.79 Å². The van der Waals surface area contributed by atoms with E-state index in [1.165, 1.54) is 10.9 Å². The van der Waals surface area contributed by atoms with Crippen LogP contribution in [-0.4, -0.2) is 22.3 Å². The third-order valence-electron chi connectivity index (χ3n) is 4.43. The predicted octanol–water partition coefficient (Wildman–Crippen LogP) is 3.24. The number of aromatic nitrogens is 1. The first kappa shape index (κ1) is 13.6. The molecule has 2 heterocycles. The van der Waals surface area contributed by atoms with Gasteiger partial charge in [0.1, 0.15) is 0 Å². The van der Waals surface area contributed by atoms with Gasteiger partial charge in [0, 0.05) is 28.7 Å². The molecule has 1 N–H and O–H groups in total. The number of carbonyl (C=O) groups is 1. The molecular weight excluding hydrogens is 286 g/mol. The van der Waals surface area contributed by atoms with Crippen molar-refractivity contribution in [1.82, 2.24) is 9.88 Å². The van der Waals surface area contributed by atoms with Crippen LogP contribution >= 0.6 is 0 Å². The van der Waals surface area contributed by atoms with Gasteiger partial charge in [-0.1, -0.05) is 18.2 Å². The fourth-order valence-electron chi connectivity index (χ4n) is 3.24. The lowest BCUT2D eigenvalue weighted by atomic mass is 10.0. The van der Waals surface area contributed by atoms with Crippen LogP contribution in [0.2, 0.25) is 0 Å². The average molecular weight is 301 g/mol. The molecule has 0 spiro atoms. The van der Waals surface area contributed by atoms with Gasteiger partial charge in [0.05, 0.1) is 18.2 Å². The van der Waals surface area contributed by atoms with Gasteiger partial charge >= 0.3 is 0 Å². The fourth-order valence-corrected chi connectivity index (χ4v) is 3.24. The van der Waals surface area contributed by atoms with Gasteiger partial charge in [-0.15, -0.1) is 0 Å². The van der Waals surface area contributed by atoms with Gasteiger partial charge < -0.3 is 9.88 Å². The molecule has 0 atom stereocenters. The number of H-pyrrole nitrogens is 1. The van der Waals surface area contributed by atoms with E-state index in [2.05, 4.69) is 23.2 Å². The first-order valence-corrected chi connectivity index (χ1v) is 7.64. The van der Waals surface area contributed by atoms with Crippen LogP contribution in [-0.2, 0) is 13.0 Å². The first-order chi connectivity index (χ1) is 11.3. The number of aromatic amines is 1.